The number of ketones is 1. The van der Waals surface area contributed by atoms with Crippen molar-refractivity contribution in [3.8, 4) is 0 Å². The molecule has 5 atom stereocenters. The van der Waals surface area contributed by atoms with E-state index < -0.39 is 21.9 Å². The Kier molecular flexibility index (Phi) is 9.54. The minimum atomic E-state index is -3.35. The molecule has 4 heterocycles. The van der Waals surface area contributed by atoms with Crippen molar-refractivity contribution < 1.29 is 22.3 Å². The number of piperazine rings is 1. The molecular weight excluding hydrogens is 555 g/mol. The highest BCUT2D eigenvalue weighted by Crippen LogP contribution is 2.35. The van der Waals surface area contributed by atoms with Crippen molar-refractivity contribution in [2.45, 2.75) is 69.0 Å². The number of carbonyl (C=O) groups excluding carboxylic acids is 1. The van der Waals surface area contributed by atoms with E-state index in [2.05, 4.69) is 10.3 Å². The van der Waals surface area contributed by atoms with Gasteiger partial charge in [0.1, 0.15) is 5.82 Å². The summed E-state index contributed by atoms with van der Waals surface area (Å²) in [5.74, 6) is -0.564. The van der Waals surface area contributed by atoms with Gasteiger partial charge in [0.15, 0.2) is 5.78 Å². The molecule has 0 spiro atoms. The lowest BCUT2D eigenvalue weighted by Crippen LogP contribution is -2.57. The number of rotatable bonds is 9. The molecule has 0 aliphatic carbocycles. The van der Waals surface area contributed by atoms with Crippen molar-refractivity contribution in [1.29, 1.82) is 0 Å². The number of nitrogens with one attached hydrogen (secondary N) is 1. The highest BCUT2D eigenvalue weighted by molar-refractivity contribution is 7.89. The van der Waals surface area contributed by atoms with Crippen LogP contribution in [-0.2, 0) is 32.4 Å². The van der Waals surface area contributed by atoms with Gasteiger partial charge in [0, 0.05) is 61.9 Å². The van der Waals surface area contributed by atoms with Gasteiger partial charge >= 0.3 is 0 Å². The smallest absolute Gasteiger partial charge is 0.214 e. The summed E-state index contributed by atoms with van der Waals surface area (Å²) >= 11 is 6.12. The molecule has 1 unspecified atom stereocenters. The fourth-order valence-corrected chi connectivity index (χ4v) is 8.46. The Morgan fingerprint density at radius 1 is 1.20 bits per heavy atom. The Balaban J connectivity index is 1.32. The first-order valence-corrected chi connectivity index (χ1v) is 16.2. The second kappa shape index (κ2) is 12.9. The molecule has 5 rings (SSSR count). The molecule has 218 valence electrons. The number of nitrogens with zero attached hydrogens (tertiary/aromatic N) is 2. The van der Waals surface area contributed by atoms with Gasteiger partial charge in [0.2, 0.25) is 10.0 Å². The average Bonchev–Trinajstić information content (AvgIpc) is 3.06. The number of sulfonamides is 1. The van der Waals surface area contributed by atoms with Gasteiger partial charge in [-0.3, -0.25) is 9.78 Å². The van der Waals surface area contributed by atoms with Crippen LogP contribution in [0.3, 0.4) is 0 Å². The first-order chi connectivity index (χ1) is 19.2. The summed E-state index contributed by atoms with van der Waals surface area (Å²) in [7, 11) is -3.35. The molecule has 3 aliphatic heterocycles. The van der Waals surface area contributed by atoms with Crippen LogP contribution in [0.4, 0.5) is 4.39 Å². The standard InChI is InChI=1S/C29H38ClFN4O4S/c30-22-5-3-19(4-6-22)28(20-9-11-39-12-10-20)29(32)27(36)14-21-15-33-17-26(31)25(21)8-7-24-16-34-23-2-1-13-40(37,38)35(24)18-23/h3-6,15,17,20,23-24,28-29,34H,1-2,7-14,16,18,32H2/t23-,24+,28+,29-/m1/s1. The van der Waals surface area contributed by atoms with E-state index in [0.29, 0.717) is 61.7 Å². The number of halogens is 2. The van der Waals surface area contributed by atoms with E-state index >= 15 is 4.39 Å². The molecule has 2 aromatic rings. The highest BCUT2D eigenvalue weighted by atomic mass is 35.5. The fourth-order valence-electron chi connectivity index (χ4n) is 6.53. The van der Waals surface area contributed by atoms with Gasteiger partial charge in [-0.25, -0.2) is 12.8 Å². The van der Waals surface area contributed by atoms with Crippen molar-refractivity contribution in [2.24, 2.45) is 11.7 Å². The number of pyridine rings is 1. The number of hydrogen-bond acceptors (Lipinski definition) is 7. The molecule has 11 heteroatoms. The second-order valence-corrected chi connectivity index (χ2v) is 13.8. The SMILES string of the molecule is N[C@H](C(=O)Cc1cncc(F)c1CC[C@H]1CN[C@@H]2CCCS(=O)(=O)N1C2)[C@@H](c1ccc(Cl)cc1)C1CCOCC1. The molecule has 2 bridgehead atoms. The number of ether oxygens (including phenoxy) is 1. The van der Waals surface area contributed by atoms with Crippen LogP contribution < -0.4 is 11.1 Å². The predicted molar refractivity (Wildman–Crippen MR) is 152 cm³/mol. The number of fused-ring (bicyclic) bond motifs is 2. The summed E-state index contributed by atoms with van der Waals surface area (Å²) in [6, 6.07) is 6.56. The van der Waals surface area contributed by atoms with E-state index in [0.717, 1.165) is 31.0 Å². The largest absolute Gasteiger partial charge is 0.381 e. The van der Waals surface area contributed by atoms with Crippen LogP contribution in [0.15, 0.2) is 36.7 Å². The number of hydrogen-bond donors (Lipinski definition) is 2. The van der Waals surface area contributed by atoms with Gasteiger partial charge in [-0.15, -0.1) is 0 Å². The quantitative estimate of drug-likeness (QED) is 0.459. The summed E-state index contributed by atoms with van der Waals surface area (Å²) in [5.41, 5.74) is 8.53. The van der Waals surface area contributed by atoms with E-state index in [9.17, 15) is 13.2 Å². The lowest BCUT2D eigenvalue weighted by molar-refractivity contribution is -0.120. The molecule has 40 heavy (non-hydrogen) atoms. The topological polar surface area (TPSA) is 115 Å². The van der Waals surface area contributed by atoms with E-state index in [1.165, 1.54) is 6.20 Å². The van der Waals surface area contributed by atoms with E-state index in [4.69, 9.17) is 22.1 Å². The maximum Gasteiger partial charge on any atom is 0.214 e. The number of Topliss-reactive ketones (excluding diaryl/α,β-unsaturated/α-hetero) is 1. The van der Waals surface area contributed by atoms with Gasteiger partial charge in [0.05, 0.1) is 18.0 Å². The summed E-state index contributed by atoms with van der Waals surface area (Å²) in [4.78, 5) is 17.7. The van der Waals surface area contributed by atoms with Gasteiger partial charge in [-0.05, 0) is 73.3 Å². The molecule has 3 N–H and O–H groups in total. The first-order valence-electron chi connectivity index (χ1n) is 14.2. The minimum Gasteiger partial charge on any atom is -0.381 e. The maximum atomic E-state index is 15.1. The third-order valence-electron chi connectivity index (χ3n) is 8.74. The Morgan fingerprint density at radius 3 is 2.70 bits per heavy atom. The molecule has 0 amide bonds. The van der Waals surface area contributed by atoms with E-state index in [-0.39, 0.29) is 41.9 Å². The molecule has 0 radical (unpaired) electrons. The molecule has 1 aromatic carbocycles. The minimum absolute atomic E-state index is 0.0401. The third kappa shape index (κ3) is 6.74. The first kappa shape index (κ1) is 29.5. The Hall–Kier alpha value is -1.95. The fraction of sp³-hybridized carbons (Fsp3) is 0.586. The molecule has 3 aliphatic rings. The van der Waals surface area contributed by atoms with Crippen LogP contribution in [0, 0.1) is 11.7 Å². The number of nitrogens with two attached hydrogens (primary N) is 1. The van der Waals surface area contributed by atoms with E-state index in [1.807, 2.05) is 24.3 Å². The van der Waals surface area contributed by atoms with Crippen LogP contribution in [0.1, 0.15) is 54.7 Å². The highest BCUT2D eigenvalue weighted by Gasteiger charge is 2.38. The summed E-state index contributed by atoms with van der Waals surface area (Å²) < 4.78 is 48.0. The monoisotopic (exact) mass is 592 g/mol. The Labute approximate surface area is 240 Å². The normalized spacial score (nSPS) is 26.5. The molecule has 1 aromatic heterocycles. The van der Waals surface area contributed by atoms with Gasteiger partial charge < -0.3 is 15.8 Å². The molecular formula is C29H38ClFN4O4S. The van der Waals surface area contributed by atoms with Gasteiger partial charge in [-0.1, -0.05) is 23.7 Å². The third-order valence-corrected chi connectivity index (χ3v) is 11.0. The van der Waals surface area contributed by atoms with Crippen LogP contribution in [0.5, 0.6) is 0 Å². The van der Waals surface area contributed by atoms with Crippen LogP contribution in [0.25, 0.3) is 0 Å². The lowest BCUT2D eigenvalue weighted by atomic mass is 9.75. The zero-order valence-electron chi connectivity index (χ0n) is 22.6. The van der Waals surface area contributed by atoms with Gasteiger partial charge in [-0.2, -0.15) is 4.31 Å². The number of benzene rings is 1. The zero-order chi connectivity index (χ0) is 28.3. The van der Waals surface area contributed by atoms with Crippen molar-refractivity contribution in [2.75, 3.05) is 32.1 Å². The van der Waals surface area contributed by atoms with Crippen molar-refractivity contribution in [3.63, 3.8) is 0 Å². The maximum absolute atomic E-state index is 15.1. The van der Waals surface area contributed by atoms with E-state index in [1.54, 1.807) is 4.31 Å². The predicted octanol–water partition coefficient (Wildman–Crippen LogP) is 3.22. The molecule has 8 nitrogen and oxygen atoms in total. The summed E-state index contributed by atoms with van der Waals surface area (Å²) in [6.07, 6.45) is 6.47. The van der Waals surface area contributed by atoms with Crippen LogP contribution in [0.2, 0.25) is 5.02 Å². The summed E-state index contributed by atoms with van der Waals surface area (Å²) in [5, 5.41) is 4.07. The molecule has 0 saturated carbocycles. The Morgan fingerprint density at radius 2 is 1.95 bits per heavy atom. The summed E-state index contributed by atoms with van der Waals surface area (Å²) in [6.45, 7) is 2.22. The Bertz CT molecular complexity index is 1290. The van der Waals surface area contributed by atoms with Crippen molar-refractivity contribution in [3.05, 3.63) is 64.2 Å². The second-order valence-electron chi connectivity index (χ2n) is 11.3. The van der Waals surface area contributed by atoms with Crippen LogP contribution in [-0.4, -0.2) is 73.7 Å². The number of carbonyl (C=O) groups is 1. The van der Waals surface area contributed by atoms with Gasteiger partial charge in [0.25, 0.3) is 0 Å². The van der Waals surface area contributed by atoms with Crippen LogP contribution >= 0.6 is 11.6 Å². The lowest BCUT2D eigenvalue weighted by Gasteiger charge is -2.37. The number of aromatic nitrogens is 1. The molecule has 3 saturated heterocycles. The zero-order valence-corrected chi connectivity index (χ0v) is 24.2. The average molecular weight is 593 g/mol. The molecule has 3 fully saturated rings. The van der Waals surface area contributed by atoms with Crippen molar-refractivity contribution in [1.82, 2.24) is 14.6 Å². The van der Waals surface area contributed by atoms with Crippen molar-refractivity contribution >= 4 is 27.4 Å².